The van der Waals surface area contributed by atoms with Crippen LogP contribution in [0.4, 0.5) is 10.2 Å². The van der Waals surface area contributed by atoms with E-state index in [0.717, 1.165) is 47.0 Å². The van der Waals surface area contributed by atoms with E-state index in [1.54, 1.807) is 28.5 Å². The van der Waals surface area contributed by atoms with Crippen LogP contribution < -0.4 is 14.6 Å². The molecule has 1 N–H and O–H groups in total. The molecule has 0 amide bonds. The molecule has 0 spiro atoms. The first-order valence-corrected chi connectivity index (χ1v) is 18.6. The van der Waals surface area contributed by atoms with Crippen molar-refractivity contribution in [3.8, 4) is 11.9 Å². The summed E-state index contributed by atoms with van der Waals surface area (Å²) in [4.78, 5) is 12.6. The number of aliphatic imine (C=N–C) groups is 1. The molecule has 0 bridgehead atoms. The Morgan fingerprint density at radius 3 is 2.77 bits per heavy atom. The summed E-state index contributed by atoms with van der Waals surface area (Å²) in [5.74, 6) is 1.74. The minimum Gasteiger partial charge on any atom is -0.543 e. The molecule has 1 fully saturated rings. The maximum absolute atomic E-state index is 14.3. The lowest BCUT2D eigenvalue weighted by Crippen LogP contribution is -2.43. The van der Waals surface area contributed by atoms with Gasteiger partial charge in [0.2, 0.25) is 8.32 Å². The number of halogens is 1. The Balaban J connectivity index is 1.44. The highest BCUT2D eigenvalue weighted by atomic mass is 32.2. The highest BCUT2D eigenvalue weighted by Gasteiger charge is 2.39. The number of nitrogens with zero attached hydrogens (tertiary/aromatic N) is 6. The third-order valence-corrected chi connectivity index (χ3v) is 13.5. The quantitative estimate of drug-likeness (QED) is 0.0554. The van der Waals surface area contributed by atoms with Gasteiger partial charge in [0.25, 0.3) is 0 Å². The molecular weight excluding hydrogens is 578 g/mol. The van der Waals surface area contributed by atoms with Gasteiger partial charge >= 0.3 is 0 Å². The molecule has 0 radical (unpaired) electrons. The van der Waals surface area contributed by atoms with Crippen molar-refractivity contribution in [2.24, 2.45) is 4.99 Å². The number of amidine groups is 1. The number of benzene rings is 2. The highest BCUT2D eigenvalue weighted by molar-refractivity contribution is 7.98. The number of anilines is 1. The second-order valence-corrected chi connectivity index (χ2v) is 17.8. The zero-order valence-corrected chi connectivity index (χ0v) is 27.4. The van der Waals surface area contributed by atoms with Crippen molar-refractivity contribution < 1.29 is 8.82 Å². The predicted molar refractivity (Wildman–Crippen MR) is 174 cm³/mol. The first-order chi connectivity index (χ1) is 20.5. The van der Waals surface area contributed by atoms with E-state index in [-0.39, 0.29) is 16.9 Å². The molecule has 2 aromatic carbocycles. The van der Waals surface area contributed by atoms with Crippen LogP contribution in [-0.2, 0) is 6.54 Å². The zero-order valence-electron chi connectivity index (χ0n) is 25.6. The summed E-state index contributed by atoms with van der Waals surface area (Å²) in [7, 11) is -1.99. The van der Waals surface area contributed by atoms with Gasteiger partial charge in [-0.2, -0.15) is 5.26 Å². The fraction of sp³-hybridized carbons (Fsp3) is 0.375. The number of nitrogens with one attached hydrogen (secondary N) is 1. The van der Waals surface area contributed by atoms with Crippen molar-refractivity contribution in [3.05, 3.63) is 83.4 Å². The smallest absolute Gasteiger partial charge is 0.250 e. The summed E-state index contributed by atoms with van der Waals surface area (Å²) in [5, 5.41) is 17.3. The molecule has 3 heterocycles. The number of thioether (sulfide) groups is 1. The summed E-state index contributed by atoms with van der Waals surface area (Å²) >= 11 is 1.62. The first kappa shape index (κ1) is 30.6. The van der Waals surface area contributed by atoms with E-state index < -0.39 is 8.32 Å². The van der Waals surface area contributed by atoms with Crippen LogP contribution in [0.3, 0.4) is 0 Å². The molecule has 1 atom stereocenters. The Kier molecular flexibility index (Phi) is 8.80. The molecule has 0 unspecified atom stereocenters. The Bertz CT molecular complexity index is 1690. The van der Waals surface area contributed by atoms with Gasteiger partial charge in [0, 0.05) is 11.4 Å². The summed E-state index contributed by atoms with van der Waals surface area (Å²) in [6.07, 6.45) is 7.59. The second-order valence-electron chi connectivity index (χ2n) is 12.3. The Morgan fingerprint density at radius 2 is 2.02 bits per heavy atom. The summed E-state index contributed by atoms with van der Waals surface area (Å²) in [6, 6.07) is 16.8. The summed E-state index contributed by atoms with van der Waals surface area (Å²) < 4.78 is 22.5. The molecule has 0 saturated carbocycles. The molecule has 2 aromatic heterocycles. The van der Waals surface area contributed by atoms with E-state index >= 15 is 0 Å². The molecule has 0 aliphatic carbocycles. The lowest BCUT2D eigenvalue weighted by molar-refractivity contribution is 0.491. The van der Waals surface area contributed by atoms with Gasteiger partial charge in [-0.15, -0.1) is 16.9 Å². The maximum atomic E-state index is 14.3. The van der Waals surface area contributed by atoms with Crippen LogP contribution in [0.25, 0.3) is 5.65 Å². The molecule has 43 heavy (non-hydrogen) atoms. The van der Waals surface area contributed by atoms with Crippen molar-refractivity contribution in [1.29, 1.82) is 5.26 Å². The largest absolute Gasteiger partial charge is 0.543 e. The number of fused-ring (bicyclic) bond motifs is 1. The van der Waals surface area contributed by atoms with Crippen LogP contribution >= 0.6 is 11.8 Å². The molecule has 224 valence electrons. The monoisotopic (exact) mass is 615 g/mol. The van der Waals surface area contributed by atoms with Gasteiger partial charge in [0.15, 0.2) is 17.7 Å². The lowest BCUT2D eigenvalue weighted by atomic mass is 10.0. The van der Waals surface area contributed by atoms with Gasteiger partial charge in [0.1, 0.15) is 23.1 Å². The SMILES string of the molecule is CSc1ccc(F)cc1[C@H]1CCCN1c1ccc2ncc(C(=NCc3cccc(O[Si](C)(C)C(C)(C)C)c3)NC#N)n2n1. The summed E-state index contributed by atoms with van der Waals surface area (Å²) in [6.45, 7) is 12.3. The van der Waals surface area contributed by atoms with E-state index in [1.165, 1.54) is 6.07 Å². The molecule has 8 nitrogen and oxygen atoms in total. The van der Waals surface area contributed by atoms with Crippen molar-refractivity contribution in [2.45, 2.75) is 69.2 Å². The third kappa shape index (κ3) is 6.55. The lowest BCUT2D eigenvalue weighted by Gasteiger charge is -2.36. The van der Waals surface area contributed by atoms with Crippen molar-refractivity contribution in [1.82, 2.24) is 19.9 Å². The molecule has 4 aromatic rings. The maximum Gasteiger partial charge on any atom is 0.250 e. The van der Waals surface area contributed by atoms with E-state index in [2.05, 4.69) is 49.1 Å². The van der Waals surface area contributed by atoms with Crippen LogP contribution in [-0.4, -0.2) is 41.6 Å². The van der Waals surface area contributed by atoms with Crippen LogP contribution in [0.5, 0.6) is 5.75 Å². The van der Waals surface area contributed by atoms with Crippen LogP contribution in [0, 0.1) is 17.3 Å². The number of nitriles is 1. The van der Waals surface area contributed by atoms with Gasteiger partial charge in [0.05, 0.1) is 18.8 Å². The first-order valence-electron chi connectivity index (χ1n) is 14.4. The van der Waals surface area contributed by atoms with Crippen molar-refractivity contribution >= 4 is 37.4 Å². The number of imidazole rings is 1. The second kappa shape index (κ2) is 12.4. The normalized spacial score (nSPS) is 16.0. The van der Waals surface area contributed by atoms with E-state index in [4.69, 9.17) is 14.5 Å². The Morgan fingerprint density at radius 1 is 1.21 bits per heavy atom. The predicted octanol–water partition coefficient (Wildman–Crippen LogP) is 7.33. The van der Waals surface area contributed by atoms with E-state index in [1.807, 2.05) is 54.9 Å². The van der Waals surface area contributed by atoms with Crippen molar-refractivity contribution in [3.63, 3.8) is 0 Å². The number of aromatic nitrogens is 3. The van der Waals surface area contributed by atoms with E-state index in [0.29, 0.717) is 23.7 Å². The fourth-order valence-corrected chi connectivity index (χ4v) is 6.73. The van der Waals surface area contributed by atoms with Gasteiger partial charge < -0.3 is 9.33 Å². The Hall–Kier alpha value is -3.88. The van der Waals surface area contributed by atoms with E-state index in [9.17, 15) is 9.65 Å². The third-order valence-electron chi connectivity index (χ3n) is 8.36. The number of hydrogen-bond acceptors (Lipinski definition) is 7. The number of rotatable bonds is 8. The fourth-order valence-electron chi connectivity index (χ4n) is 5.07. The molecule has 1 aliphatic rings. The zero-order chi connectivity index (χ0) is 30.8. The van der Waals surface area contributed by atoms with Gasteiger partial charge in [-0.25, -0.2) is 13.9 Å². The van der Waals surface area contributed by atoms with Gasteiger partial charge in [-0.05, 0) is 90.8 Å². The Labute approximate surface area is 258 Å². The average molecular weight is 616 g/mol. The molecule has 1 saturated heterocycles. The summed E-state index contributed by atoms with van der Waals surface area (Å²) in [5.41, 5.74) is 3.17. The topological polar surface area (TPSA) is 90.8 Å². The molecular formula is C32H38FN7OSSi. The minimum absolute atomic E-state index is 0.0151. The molecule has 11 heteroatoms. The van der Waals surface area contributed by atoms with Crippen molar-refractivity contribution in [2.75, 3.05) is 17.7 Å². The van der Waals surface area contributed by atoms with Crippen LogP contribution in [0.15, 0.2) is 70.7 Å². The molecule has 5 rings (SSSR count). The minimum atomic E-state index is -1.99. The number of hydrogen-bond donors (Lipinski definition) is 1. The average Bonchev–Trinajstić information content (AvgIpc) is 3.62. The van der Waals surface area contributed by atoms with Crippen LogP contribution in [0.2, 0.25) is 18.1 Å². The molecule has 1 aliphatic heterocycles. The van der Waals surface area contributed by atoms with Crippen LogP contribution in [0.1, 0.15) is 56.5 Å². The van der Waals surface area contributed by atoms with Gasteiger partial charge in [-0.1, -0.05) is 32.9 Å². The standard InChI is InChI=1S/C32H38FN7OSSi/c1-32(2,3)43(5,6)41-24-10-7-9-22(17-24)19-36-31(37-21-34)27-20-35-29-14-15-30(38-40(27)29)39-16-8-11-26(39)25-18-23(33)12-13-28(25)42-4/h7,9-10,12-15,17-18,20,26H,8,11,16,19H2,1-6H3,(H,36,37)/t26-/m1/s1. The van der Waals surface area contributed by atoms with Gasteiger partial charge in [-0.3, -0.25) is 10.3 Å². The highest BCUT2D eigenvalue weighted by Crippen LogP contribution is 2.40.